The summed E-state index contributed by atoms with van der Waals surface area (Å²) in [7, 11) is 4.08. The average Bonchev–Trinajstić information content (AvgIpc) is 2.92. The Kier molecular flexibility index (Phi) is 4.40. The van der Waals surface area contributed by atoms with E-state index in [0.717, 1.165) is 17.0 Å². The molecule has 0 spiro atoms. The zero-order chi connectivity index (χ0) is 13.9. The molecule has 2 aromatic rings. The Morgan fingerprint density at radius 3 is 2.37 bits per heavy atom. The largest absolute Gasteiger partial charge is 0.379 e. The van der Waals surface area contributed by atoms with E-state index in [1.165, 1.54) is 0 Å². The Bertz CT molecular complexity index is 495. The Morgan fingerprint density at radius 2 is 1.84 bits per heavy atom. The van der Waals surface area contributed by atoms with Crippen molar-refractivity contribution in [1.29, 1.82) is 0 Å². The highest BCUT2D eigenvalue weighted by molar-refractivity contribution is 7.10. The van der Waals surface area contributed by atoms with Crippen molar-refractivity contribution < 1.29 is 5.11 Å². The van der Waals surface area contributed by atoms with Gasteiger partial charge in [0.15, 0.2) is 0 Å². The molecule has 2 rings (SSSR count). The molecule has 0 saturated carbocycles. The molecule has 2 nitrogen and oxygen atoms in total. The summed E-state index contributed by atoms with van der Waals surface area (Å²) in [5.74, 6) is 0.114. The van der Waals surface area contributed by atoms with Gasteiger partial charge < -0.3 is 10.0 Å². The number of rotatable bonds is 5. The summed E-state index contributed by atoms with van der Waals surface area (Å²) in [6.07, 6.45) is 0. The maximum atomic E-state index is 11.3. The number of hydrogen-bond donors (Lipinski definition) is 1. The van der Waals surface area contributed by atoms with E-state index in [0.29, 0.717) is 0 Å². The number of hydrogen-bond acceptors (Lipinski definition) is 3. The van der Waals surface area contributed by atoms with Gasteiger partial charge in [-0.25, -0.2) is 0 Å². The van der Waals surface area contributed by atoms with Crippen LogP contribution in [0.25, 0.3) is 0 Å². The third-order valence-corrected chi connectivity index (χ3v) is 4.46. The van der Waals surface area contributed by atoms with Gasteiger partial charge in [-0.3, -0.25) is 0 Å². The first kappa shape index (κ1) is 14.3. The maximum Gasteiger partial charge on any atom is 0.127 e. The molecule has 0 saturated heterocycles. The van der Waals surface area contributed by atoms with Crippen LogP contribution in [-0.4, -0.2) is 30.6 Å². The van der Waals surface area contributed by atoms with Gasteiger partial charge in [-0.15, -0.1) is 11.3 Å². The molecule has 19 heavy (non-hydrogen) atoms. The van der Waals surface area contributed by atoms with Crippen LogP contribution in [0.1, 0.15) is 17.4 Å². The van der Waals surface area contributed by atoms with E-state index in [9.17, 15) is 5.11 Å². The van der Waals surface area contributed by atoms with Crippen molar-refractivity contribution in [3.63, 3.8) is 0 Å². The molecule has 0 aliphatic heterocycles. The summed E-state index contributed by atoms with van der Waals surface area (Å²) < 4.78 is 0. The molecule has 1 N–H and O–H groups in total. The molecule has 1 aromatic heterocycles. The fraction of sp³-hybridized carbons (Fsp3) is 0.375. The molecule has 1 heterocycles. The number of aliphatic hydroxyl groups is 1. The molecule has 0 radical (unpaired) electrons. The normalized spacial score (nSPS) is 16.3. The smallest absolute Gasteiger partial charge is 0.127 e. The fourth-order valence-corrected chi connectivity index (χ4v) is 3.50. The van der Waals surface area contributed by atoms with Gasteiger partial charge in [0.25, 0.3) is 0 Å². The molecule has 1 aromatic carbocycles. The summed E-state index contributed by atoms with van der Waals surface area (Å²) in [5.41, 5.74) is 0.0477. The molecule has 0 fully saturated rings. The van der Waals surface area contributed by atoms with Crippen LogP contribution in [0, 0.1) is 5.92 Å². The van der Waals surface area contributed by atoms with Gasteiger partial charge in [-0.1, -0.05) is 43.3 Å². The van der Waals surface area contributed by atoms with Crippen molar-refractivity contribution in [2.75, 3.05) is 20.6 Å². The zero-order valence-electron chi connectivity index (χ0n) is 11.7. The second-order valence-electron chi connectivity index (χ2n) is 5.27. The molecule has 102 valence electrons. The van der Waals surface area contributed by atoms with Crippen molar-refractivity contribution >= 4 is 11.3 Å². The van der Waals surface area contributed by atoms with Crippen LogP contribution in [-0.2, 0) is 5.60 Å². The molecule has 0 aliphatic rings. The Morgan fingerprint density at radius 1 is 1.16 bits per heavy atom. The monoisotopic (exact) mass is 275 g/mol. The average molecular weight is 275 g/mol. The van der Waals surface area contributed by atoms with E-state index < -0.39 is 5.60 Å². The summed E-state index contributed by atoms with van der Waals surface area (Å²) in [6.45, 7) is 2.94. The summed E-state index contributed by atoms with van der Waals surface area (Å²) in [5, 5.41) is 13.4. The SMILES string of the molecule is CC(CN(C)C)C(O)(c1ccccc1)c1cccs1. The second kappa shape index (κ2) is 5.87. The van der Waals surface area contributed by atoms with E-state index in [-0.39, 0.29) is 5.92 Å². The molecule has 2 atom stereocenters. The van der Waals surface area contributed by atoms with Crippen LogP contribution in [0.4, 0.5) is 0 Å². The number of thiophene rings is 1. The minimum absolute atomic E-state index is 0.114. The lowest BCUT2D eigenvalue weighted by molar-refractivity contribution is 0.0167. The number of nitrogens with zero attached hydrogens (tertiary/aromatic N) is 1. The van der Waals surface area contributed by atoms with Gasteiger partial charge in [0.1, 0.15) is 5.60 Å². The van der Waals surface area contributed by atoms with Crippen LogP contribution in [0.3, 0.4) is 0 Å². The number of benzene rings is 1. The first-order valence-electron chi connectivity index (χ1n) is 6.51. The molecule has 0 bridgehead atoms. The molecule has 3 heteroatoms. The lowest BCUT2D eigenvalue weighted by Crippen LogP contribution is -2.39. The first-order chi connectivity index (χ1) is 9.05. The van der Waals surface area contributed by atoms with E-state index >= 15 is 0 Å². The van der Waals surface area contributed by atoms with Crippen molar-refractivity contribution in [3.05, 3.63) is 58.3 Å². The van der Waals surface area contributed by atoms with Crippen LogP contribution in [0.5, 0.6) is 0 Å². The molecule has 2 unspecified atom stereocenters. The zero-order valence-corrected chi connectivity index (χ0v) is 12.5. The van der Waals surface area contributed by atoms with Crippen molar-refractivity contribution in [1.82, 2.24) is 4.90 Å². The predicted molar refractivity (Wildman–Crippen MR) is 81.5 cm³/mol. The van der Waals surface area contributed by atoms with Gasteiger partial charge in [0, 0.05) is 17.3 Å². The standard InChI is InChI=1S/C16H21NOS/c1-13(12-17(2)3)16(18,15-10-7-11-19-15)14-8-5-4-6-9-14/h4-11,13,18H,12H2,1-3H3. The van der Waals surface area contributed by atoms with Crippen LogP contribution >= 0.6 is 11.3 Å². The fourth-order valence-electron chi connectivity index (χ4n) is 2.54. The van der Waals surface area contributed by atoms with E-state index in [1.54, 1.807) is 11.3 Å². The second-order valence-corrected chi connectivity index (χ2v) is 6.22. The molecular weight excluding hydrogens is 254 g/mol. The maximum absolute atomic E-state index is 11.3. The molecular formula is C16H21NOS. The van der Waals surface area contributed by atoms with Crippen molar-refractivity contribution in [2.24, 2.45) is 5.92 Å². The Balaban J connectivity index is 2.45. The minimum Gasteiger partial charge on any atom is -0.379 e. The highest BCUT2D eigenvalue weighted by Crippen LogP contribution is 2.39. The molecule has 0 amide bonds. The summed E-state index contributed by atoms with van der Waals surface area (Å²) in [6, 6.07) is 14.0. The minimum atomic E-state index is -0.917. The quantitative estimate of drug-likeness (QED) is 0.906. The third-order valence-electron chi connectivity index (χ3n) is 3.46. The van der Waals surface area contributed by atoms with Crippen LogP contribution in [0.15, 0.2) is 47.8 Å². The van der Waals surface area contributed by atoms with E-state index in [1.807, 2.05) is 61.9 Å². The summed E-state index contributed by atoms with van der Waals surface area (Å²) >= 11 is 1.61. The lowest BCUT2D eigenvalue weighted by atomic mass is 9.81. The Labute approximate surface area is 119 Å². The van der Waals surface area contributed by atoms with Gasteiger partial charge in [0.2, 0.25) is 0 Å². The lowest BCUT2D eigenvalue weighted by Gasteiger charge is -2.35. The van der Waals surface area contributed by atoms with E-state index in [2.05, 4.69) is 11.8 Å². The van der Waals surface area contributed by atoms with Gasteiger partial charge >= 0.3 is 0 Å². The van der Waals surface area contributed by atoms with Gasteiger partial charge in [-0.05, 0) is 31.1 Å². The van der Waals surface area contributed by atoms with Gasteiger partial charge in [-0.2, -0.15) is 0 Å². The first-order valence-corrected chi connectivity index (χ1v) is 7.39. The topological polar surface area (TPSA) is 23.5 Å². The summed E-state index contributed by atoms with van der Waals surface area (Å²) in [4.78, 5) is 3.12. The predicted octanol–water partition coefficient (Wildman–Crippen LogP) is 3.18. The highest BCUT2D eigenvalue weighted by atomic mass is 32.1. The van der Waals surface area contributed by atoms with Gasteiger partial charge in [0.05, 0.1) is 0 Å². The van der Waals surface area contributed by atoms with Crippen molar-refractivity contribution in [3.8, 4) is 0 Å². The highest BCUT2D eigenvalue weighted by Gasteiger charge is 2.38. The van der Waals surface area contributed by atoms with E-state index in [4.69, 9.17) is 0 Å². The van der Waals surface area contributed by atoms with Crippen molar-refractivity contribution in [2.45, 2.75) is 12.5 Å². The third kappa shape index (κ3) is 2.89. The molecule has 0 aliphatic carbocycles. The van der Waals surface area contributed by atoms with Crippen LogP contribution in [0.2, 0.25) is 0 Å². The van der Waals surface area contributed by atoms with Crippen LogP contribution < -0.4 is 0 Å². The Hall–Kier alpha value is -1.16.